The van der Waals surface area contributed by atoms with E-state index >= 15 is 0 Å². The monoisotopic (exact) mass is 542 g/mol. The lowest BCUT2D eigenvalue weighted by Crippen LogP contribution is -2.50. The minimum Gasteiger partial charge on any atom is -0.375 e. The van der Waals surface area contributed by atoms with Gasteiger partial charge in [0.1, 0.15) is 18.7 Å². The van der Waals surface area contributed by atoms with Gasteiger partial charge in [0.05, 0.1) is 23.1 Å². The molecule has 4 amide bonds. The van der Waals surface area contributed by atoms with Crippen molar-refractivity contribution in [3.05, 3.63) is 41.4 Å². The summed E-state index contributed by atoms with van der Waals surface area (Å²) in [7, 11) is 1.39. The summed E-state index contributed by atoms with van der Waals surface area (Å²) in [5, 5.41) is 19.6. The number of aromatic nitrogens is 3. The van der Waals surface area contributed by atoms with Gasteiger partial charge in [-0.3, -0.25) is 19.2 Å². The van der Waals surface area contributed by atoms with Crippen molar-refractivity contribution in [2.75, 3.05) is 32.1 Å². The second kappa shape index (κ2) is 15.7. The van der Waals surface area contributed by atoms with Crippen LogP contribution in [0, 0.1) is 11.3 Å². The summed E-state index contributed by atoms with van der Waals surface area (Å²) in [6.07, 6.45) is 3.05. The van der Waals surface area contributed by atoms with Crippen LogP contribution in [-0.4, -0.2) is 71.4 Å². The molecular weight excluding hydrogens is 512 g/mol. The number of aromatic amines is 1. The van der Waals surface area contributed by atoms with Crippen LogP contribution in [0.2, 0.25) is 0 Å². The third-order valence-corrected chi connectivity index (χ3v) is 5.69. The smallest absolute Gasteiger partial charge is 0.245 e. The molecule has 5 N–H and O–H groups in total. The lowest BCUT2D eigenvalue weighted by atomic mass is 10.1. The molecule has 3 aromatic rings. The van der Waals surface area contributed by atoms with Gasteiger partial charge in [-0.05, 0) is 18.2 Å². The Morgan fingerprint density at radius 2 is 1.95 bits per heavy atom. The van der Waals surface area contributed by atoms with Crippen LogP contribution in [0.5, 0.6) is 0 Å². The number of nitriles is 1. The van der Waals surface area contributed by atoms with Crippen molar-refractivity contribution in [3.63, 3.8) is 0 Å². The van der Waals surface area contributed by atoms with E-state index in [1.54, 1.807) is 18.2 Å². The Kier molecular flexibility index (Phi) is 12.3. The number of rotatable bonds is 12. The van der Waals surface area contributed by atoms with Gasteiger partial charge in [-0.2, -0.15) is 5.26 Å². The molecule has 2 aromatic heterocycles. The van der Waals surface area contributed by atoms with Crippen molar-refractivity contribution in [2.24, 2.45) is 0 Å². The van der Waals surface area contributed by atoms with Crippen LogP contribution in [0.3, 0.4) is 0 Å². The topological polar surface area (TPSA) is 191 Å². The van der Waals surface area contributed by atoms with E-state index in [4.69, 9.17) is 10.00 Å². The van der Waals surface area contributed by atoms with E-state index in [0.717, 1.165) is 4.70 Å². The first-order valence-electron chi connectivity index (χ1n) is 11.8. The third-order valence-electron chi connectivity index (χ3n) is 4.77. The third kappa shape index (κ3) is 9.60. The van der Waals surface area contributed by atoms with Gasteiger partial charge < -0.3 is 31.0 Å². The van der Waals surface area contributed by atoms with Crippen LogP contribution in [0.1, 0.15) is 31.0 Å². The Morgan fingerprint density at radius 3 is 2.63 bits per heavy atom. The molecule has 14 heteroatoms. The zero-order valence-corrected chi connectivity index (χ0v) is 22.1. The predicted molar refractivity (Wildman–Crippen MR) is 141 cm³/mol. The Hall–Kier alpha value is -4.35. The van der Waals surface area contributed by atoms with Crippen LogP contribution >= 0.6 is 11.3 Å². The summed E-state index contributed by atoms with van der Waals surface area (Å²) in [5.74, 6) is -1.84. The maximum Gasteiger partial charge on any atom is 0.245 e. The maximum atomic E-state index is 12.8. The molecule has 3 rings (SSSR count). The SMILES string of the molecule is CC.COCC(=O)NCCC(=O)NC(Cc1cnc[nH]1)C(=O)NCC(=O)Nc1ccc2nc(C#N)sc2c1. The number of thiazole rings is 1. The molecule has 0 spiro atoms. The van der Waals surface area contributed by atoms with E-state index in [2.05, 4.69) is 36.2 Å². The van der Waals surface area contributed by atoms with Gasteiger partial charge in [0.2, 0.25) is 23.6 Å². The van der Waals surface area contributed by atoms with Gasteiger partial charge in [-0.15, -0.1) is 11.3 Å². The number of carbonyl (C=O) groups excluding carboxylic acids is 4. The fourth-order valence-electron chi connectivity index (χ4n) is 3.14. The fraction of sp³-hybridized carbons (Fsp3) is 0.375. The number of benzene rings is 1. The van der Waals surface area contributed by atoms with E-state index in [9.17, 15) is 19.2 Å². The summed E-state index contributed by atoms with van der Waals surface area (Å²) in [5.41, 5.74) is 1.76. The van der Waals surface area contributed by atoms with E-state index in [1.807, 2.05) is 19.9 Å². The number of hydrogen-bond donors (Lipinski definition) is 5. The number of methoxy groups -OCH3 is 1. The number of anilines is 1. The Balaban J connectivity index is 0.00000247. The van der Waals surface area contributed by atoms with Gasteiger partial charge in [0.25, 0.3) is 0 Å². The summed E-state index contributed by atoms with van der Waals surface area (Å²) < 4.78 is 5.45. The standard InChI is InChI=1S/C22H24N8O5S.C2H6/c1-35-11-20(33)25-5-4-18(31)29-16(6-14-9-24-12-27-14)22(34)26-10-19(32)28-13-2-3-15-17(7-13)36-21(8-23)30-15;1-2/h2-3,7,9,12,16H,4-6,10-11H2,1H3,(H,24,27)(H,25,33)(H,26,34)(H,28,32)(H,29,31);1-2H3. The number of carbonyl (C=O) groups is 4. The van der Waals surface area contributed by atoms with E-state index < -0.39 is 23.8 Å². The molecule has 0 aliphatic rings. The average molecular weight is 543 g/mol. The van der Waals surface area contributed by atoms with Crippen molar-refractivity contribution in [3.8, 4) is 6.07 Å². The lowest BCUT2D eigenvalue weighted by Gasteiger charge is -2.18. The molecule has 0 aliphatic carbocycles. The van der Waals surface area contributed by atoms with Crippen LogP contribution < -0.4 is 21.3 Å². The van der Waals surface area contributed by atoms with Crippen LogP contribution in [-0.2, 0) is 30.3 Å². The van der Waals surface area contributed by atoms with E-state index in [1.165, 1.54) is 31.0 Å². The number of nitrogens with zero attached hydrogens (tertiary/aromatic N) is 3. The number of amides is 4. The van der Waals surface area contributed by atoms with Gasteiger partial charge in [0.15, 0.2) is 5.01 Å². The number of H-pyrrole nitrogens is 1. The van der Waals surface area contributed by atoms with Crippen LogP contribution in [0.15, 0.2) is 30.7 Å². The van der Waals surface area contributed by atoms with Crippen molar-refractivity contribution in [1.29, 1.82) is 5.26 Å². The highest BCUT2D eigenvalue weighted by molar-refractivity contribution is 7.19. The molecule has 0 fully saturated rings. The van der Waals surface area contributed by atoms with Crippen LogP contribution in [0.25, 0.3) is 10.2 Å². The molecule has 2 heterocycles. The van der Waals surface area contributed by atoms with Gasteiger partial charge in [0, 0.05) is 44.1 Å². The van der Waals surface area contributed by atoms with Gasteiger partial charge in [-0.25, -0.2) is 9.97 Å². The normalized spacial score (nSPS) is 10.9. The highest BCUT2D eigenvalue weighted by Gasteiger charge is 2.22. The molecule has 1 unspecified atom stereocenters. The van der Waals surface area contributed by atoms with Crippen molar-refractivity contribution in [2.45, 2.75) is 32.7 Å². The molecule has 0 radical (unpaired) electrons. The number of ether oxygens (including phenoxy) is 1. The number of imidazole rings is 1. The maximum absolute atomic E-state index is 12.8. The molecule has 0 saturated carbocycles. The highest BCUT2D eigenvalue weighted by Crippen LogP contribution is 2.24. The summed E-state index contributed by atoms with van der Waals surface area (Å²) >= 11 is 1.21. The van der Waals surface area contributed by atoms with Gasteiger partial charge >= 0.3 is 0 Å². The minimum atomic E-state index is -0.974. The quantitative estimate of drug-likeness (QED) is 0.222. The second-order valence-corrected chi connectivity index (χ2v) is 8.54. The van der Waals surface area contributed by atoms with E-state index in [0.29, 0.717) is 21.9 Å². The highest BCUT2D eigenvalue weighted by atomic mass is 32.1. The number of nitrogens with one attached hydrogen (secondary N) is 5. The first kappa shape index (κ1) is 29.9. The average Bonchev–Trinajstić information content (AvgIpc) is 3.57. The fourth-order valence-corrected chi connectivity index (χ4v) is 3.94. The zero-order valence-electron chi connectivity index (χ0n) is 21.3. The molecule has 38 heavy (non-hydrogen) atoms. The molecule has 0 saturated heterocycles. The molecular formula is C24H30N8O5S. The molecule has 0 aliphatic heterocycles. The molecule has 13 nitrogen and oxygen atoms in total. The molecule has 0 bridgehead atoms. The molecule has 1 aromatic carbocycles. The molecule has 202 valence electrons. The van der Waals surface area contributed by atoms with Gasteiger partial charge in [-0.1, -0.05) is 13.8 Å². The van der Waals surface area contributed by atoms with Crippen LogP contribution in [0.4, 0.5) is 5.69 Å². The summed E-state index contributed by atoms with van der Waals surface area (Å²) in [4.78, 5) is 59.8. The Labute approximate surface area is 223 Å². The largest absolute Gasteiger partial charge is 0.375 e. The van der Waals surface area contributed by atoms with Crippen molar-refractivity contribution < 1.29 is 23.9 Å². The van der Waals surface area contributed by atoms with Crippen molar-refractivity contribution in [1.82, 2.24) is 30.9 Å². The predicted octanol–water partition coefficient (Wildman–Crippen LogP) is 0.852. The molecule has 1 atom stereocenters. The number of fused-ring (bicyclic) bond motifs is 1. The Morgan fingerprint density at radius 1 is 1.16 bits per heavy atom. The lowest BCUT2D eigenvalue weighted by molar-refractivity contribution is -0.130. The first-order chi connectivity index (χ1) is 18.4. The first-order valence-corrected chi connectivity index (χ1v) is 12.6. The van der Waals surface area contributed by atoms with Crippen molar-refractivity contribution >= 4 is 50.9 Å². The zero-order chi connectivity index (χ0) is 27.9. The van der Waals surface area contributed by atoms with E-state index in [-0.39, 0.29) is 38.4 Å². The summed E-state index contributed by atoms with van der Waals surface area (Å²) in [6.45, 7) is 3.63. The Bertz CT molecular complexity index is 1270. The second-order valence-electron chi connectivity index (χ2n) is 7.51. The summed E-state index contributed by atoms with van der Waals surface area (Å²) in [6, 6.07) is 6.04. The number of hydrogen-bond acceptors (Lipinski definition) is 9. The minimum absolute atomic E-state index is 0.0454.